The van der Waals surface area contributed by atoms with Crippen molar-refractivity contribution in [3.8, 4) is 0 Å². The molecule has 0 radical (unpaired) electrons. The van der Waals surface area contributed by atoms with Crippen LogP contribution < -0.4 is 4.72 Å². The van der Waals surface area contributed by atoms with Gasteiger partial charge >= 0.3 is 0 Å². The number of rotatable bonds is 4. The van der Waals surface area contributed by atoms with E-state index in [0.29, 0.717) is 0 Å². The maximum absolute atomic E-state index is 11.8. The first-order valence-corrected chi connectivity index (χ1v) is 8.05. The fourth-order valence-electron chi connectivity index (χ4n) is 1.38. The topological polar surface area (TPSA) is 76.1 Å². The van der Waals surface area contributed by atoms with Crippen LogP contribution >= 0.6 is 11.3 Å². The van der Waals surface area contributed by atoms with E-state index in [4.69, 9.17) is 0 Å². The highest BCUT2D eigenvalue weighted by Gasteiger charge is 2.16. The van der Waals surface area contributed by atoms with Gasteiger partial charge in [0.2, 0.25) is 0 Å². The zero-order chi connectivity index (χ0) is 14.6. The van der Waals surface area contributed by atoms with Crippen molar-refractivity contribution in [1.82, 2.24) is 9.71 Å². The van der Waals surface area contributed by atoms with Crippen LogP contribution in [-0.4, -0.2) is 19.3 Å². The van der Waals surface area contributed by atoms with Crippen LogP contribution in [0.1, 0.15) is 11.3 Å². The van der Waals surface area contributed by atoms with Gasteiger partial charge in [0.25, 0.3) is 15.9 Å². The number of carbonyl (C=O) groups is 1. The molecule has 1 amide bonds. The van der Waals surface area contributed by atoms with Crippen molar-refractivity contribution in [2.75, 3.05) is 0 Å². The second-order valence-electron chi connectivity index (χ2n) is 3.97. The van der Waals surface area contributed by atoms with E-state index in [1.54, 1.807) is 29.8 Å². The smallest absolute Gasteiger partial charge is 0.269 e. The van der Waals surface area contributed by atoms with Gasteiger partial charge in [-0.15, -0.1) is 11.3 Å². The minimum atomic E-state index is -3.78. The molecule has 0 saturated carbocycles. The first-order valence-electron chi connectivity index (χ1n) is 5.68. The second kappa shape index (κ2) is 5.98. The van der Waals surface area contributed by atoms with Crippen molar-refractivity contribution in [3.05, 3.63) is 53.2 Å². The van der Waals surface area contributed by atoms with Crippen LogP contribution in [0.2, 0.25) is 0 Å². The summed E-state index contributed by atoms with van der Waals surface area (Å²) in [6.45, 7) is 1.85. The first kappa shape index (κ1) is 14.4. The van der Waals surface area contributed by atoms with Crippen LogP contribution in [0.5, 0.6) is 0 Å². The number of nitrogens with one attached hydrogen (secondary N) is 1. The van der Waals surface area contributed by atoms with Crippen LogP contribution in [0.3, 0.4) is 0 Å². The Labute approximate surface area is 121 Å². The molecular weight excluding hydrogens is 296 g/mol. The van der Waals surface area contributed by atoms with Gasteiger partial charge in [-0.25, -0.2) is 13.1 Å². The molecular formula is C13H12N2O3S2. The molecule has 0 spiro atoms. The average Bonchev–Trinajstić information content (AvgIpc) is 2.92. The highest BCUT2D eigenvalue weighted by molar-refractivity contribution is 7.92. The number of hydrogen-bond donors (Lipinski definition) is 1. The molecule has 104 valence electrons. The van der Waals surface area contributed by atoms with Gasteiger partial charge < -0.3 is 0 Å². The summed E-state index contributed by atoms with van der Waals surface area (Å²) in [5, 5.41) is 1.63. The van der Waals surface area contributed by atoms with Crippen molar-refractivity contribution in [3.63, 3.8) is 0 Å². The van der Waals surface area contributed by atoms with Crippen molar-refractivity contribution in [1.29, 1.82) is 0 Å². The van der Waals surface area contributed by atoms with Gasteiger partial charge in [-0.3, -0.25) is 9.78 Å². The maximum Gasteiger partial charge on any atom is 0.273 e. The summed E-state index contributed by atoms with van der Waals surface area (Å²) in [4.78, 5) is 15.7. The third-order valence-electron chi connectivity index (χ3n) is 2.36. The predicted octanol–water partition coefficient (Wildman–Crippen LogP) is 1.97. The molecule has 0 aliphatic rings. The summed E-state index contributed by atoms with van der Waals surface area (Å²) >= 11 is 1.05. The largest absolute Gasteiger partial charge is 0.273 e. The molecule has 5 nitrogen and oxygen atoms in total. The maximum atomic E-state index is 11.8. The molecule has 0 fully saturated rings. The Hall–Kier alpha value is -1.99. The molecule has 0 saturated heterocycles. The molecule has 0 aromatic carbocycles. The Balaban J connectivity index is 2.04. The summed E-state index contributed by atoms with van der Waals surface area (Å²) in [5.41, 5.74) is 1.59. The first-order chi connectivity index (χ1) is 9.47. The lowest BCUT2D eigenvalue weighted by Crippen LogP contribution is -2.28. The standard InChI is InChI=1S/C13H12N2O3S2/c1-10-4-5-11(9-14-10)6-7-12(16)15-20(17,18)13-3-2-8-19-13/h2-9H,1H3,(H,15,16)/b7-6+. The lowest BCUT2D eigenvalue weighted by atomic mass is 10.2. The molecule has 0 aliphatic heterocycles. The minimum absolute atomic E-state index is 0.108. The Morgan fingerprint density at radius 3 is 2.75 bits per heavy atom. The number of carbonyl (C=O) groups excluding carboxylic acids is 1. The molecule has 0 aliphatic carbocycles. The highest BCUT2D eigenvalue weighted by Crippen LogP contribution is 2.15. The quantitative estimate of drug-likeness (QED) is 0.876. The molecule has 2 heterocycles. The number of pyridine rings is 1. The van der Waals surface area contributed by atoms with E-state index in [1.165, 1.54) is 12.1 Å². The molecule has 1 N–H and O–H groups in total. The predicted molar refractivity (Wildman–Crippen MR) is 77.7 cm³/mol. The number of nitrogens with zero attached hydrogens (tertiary/aromatic N) is 1. The van der Waals surface area contributed by atoms with Crippen LogP contribution in [0.25, 0.3) is 6.08 Å². The van der Waals surface area contributed by atoms with Crippen LogP contribution in [0, 0.1) is 6.92 Å². The van der Waals surface area contributed by atoms with Crippen molar-refractivity contribution >= 4 is 33.3 Å². The number of amides is 1. The van der Waals surface area contributed by atoms with Gasteiger partial charge in [0.05, 0.1) is 0 Å². The monoisotopic (exact) mass is 308 g/mol. The third-order valence-corrected chi connectivity index (χ3v) is 5.10. The van der Waals surface area contributed by atoms with E-state index in [-0.39, 0.29) is 4.21 Å². The van der Waals surface area contributed by atoms with Gasteiger partial charge in [0.15, 0.2) is 0 Å². The van der Waals surface area contributed by atoms with E-state index in [0.717, 1.165) is 28.7 Å². The molecule has 2 aromatic heterocycles. The lowest BCUT2D eigenvalue weighted by molar-refractivity contribution is -0.114. The summed E-state index contributed by atoms with van der Waals surface area (Å²) in [7, 11) is -3.78. The fourth-order valence-corrected chi connectivity index (χ4v) is 3.32. The van der Waals surface area contributed by atoms with Gasteiger partial charge in [-0.2, -0.15) is 0 Å². The third kappa shape index (κ3) is 3.75. The molecule has 0 bridgehead atoms. The molecule has 2 aromatic rings. The Kier molecular flexibility index (Phi) is 4.31. The van der Waals surface area contributed by atoms with Gasteiger partial charge in [-0.1, -0.05) is 12.1 Å². The molecule has 2 rings (SSSR count). The molecule has 0 unspecified atom stereocenters. The second-order valence-corrected chi connectivity index (χ2v) is 6.83. The van der Waals surface area contributed by atoms with Gasteiger partial charge in [0, 0.05) is 18.0 Å². The van der Waals surface area contributed by atoms with Gasteiger partial charge in [0.1, 0.15) is 4.21 Å². The molecule has 7 heteroatoms. The van der Waals surface area contributed by atoms with Crippen molar-refractivity contribution in [2.45, 2.75) is 11.1 Å². The summed E-state index contributed by atoms with van der Waals surface area (Å²) in [6.07, 6.45) is 4.27. The van der Waals surface area contributed by atoms with E-state index in [9.17, 15) is 13.2 Å². The minimum Gasteiger partial charge on any atom is -0.269 e. The average molecular weight is 308 g/mol. The van der Waals surface area contributed by atoms with Gasteiger partial charge in [-0.05, 0) is 36.1 Å². The Bertz CT molecular complexity index is 717. The molecule has 20 heavy (non-hydrogen) atoms. The number of aromatic nitrogens is 1. The van der Waals surface area contributed by atoms with Crippen molar-refractivity contribution in [2.24, 2.45) is 0 Å². The summed E-state index contributed by atoms with van der Waals surface area (Å²) in [6, 6.07) is 6.64. The summed E-state index contributed by atoms with van der Waals surface area (Å²) in [5.74, 6) is -0.695. The normalized spacial score (nSPS) is 11.7. The lowest BCUT2D eigenvalue weighted by Gasteiger charge is -2.01. The number of thiophene rings is 1. The van der Waals surface area contributed by atoms with Crippen LogP contribution in [0.15, 0.2) is 46.1 Å². The van der Waals surface area contributed by atoms with Crippen LogP contribution in [0.4, 0.5) is 0 Å². The number of hydrogen-bond acceptors (Lipinski definition) is 5. The zero-order valence-electron chi connectivity index (χ0n) is 10.6. The van der Waals surface area contributed by atoms with E-state index in [2.05, 4.69) is 4.98 Å². The van der Waals surface area contributed by atoms with Crippen LogP contribution in [-0.2, 0) is 14.8 Å². The number of sulfonamides is 1. The van der Waals surface area contributed by atoms with E-state index >= 15 is 0 Å². The van der Waals surface area contributed by atoms with E-state index in [1.807, 2.05) is 11.6 Å². The summed E-state index contributed by atoms with van der Waals surface area (Å²) < 4.78 is 25.7. The van der Waals surface area contributed by atoms with E-state index < -0.39 is 15.9 Å². The zero-order valence-corrected chi connectivity index (χ0v) is 12.2. The fraction of sp³-hybridized carbons (Fsp3) is 0.0769. The number of aryl methyl sites for hydroxylation is 1. The highest BCUT2D eigenvalue weighted by atomic mass is 32.2. The van der Waals surface area contributed by atoms with Crippen molar-refractivity contribution < 1.29 is 13.2 Å². The Morgan fingerprint density at radius 2 is 2.15 bits per heavy atom. The SMILES string of the molecule is Cc1ccc(/C=C/C(=O)NS(=O)(=O)c2cccs2)cn1. The Morgan fingerprint density at radius 1 is 1.35 bits per heavy atom. The molecule has 0 atom stereocenters.